The average Bonchev–Trinajstić information content (AvgIpc) is 2.24. The van der Waals surface area contributed by atoms with Crippen LogP contribution in [0.15, 0.2) is 24.5 Å². The Morgan fingerprint density at radius 1 is 1.07 bits per heavy atom. The van der Waals surface area contributed by atoms with E-state index in [-0.39, 0.29) is 5.95 Å². The van der Waals surface area contributed by atoms with Crippen LogP contribution < -0.4 is 11.5 Å². The van der Waals surface area contributed by atoms with Gasteiger partial charge in [-0.15, -0.1) is 0 Å². The number of nitrogens with zero attached hydrogens (tertiary/aromatic N) is 3. The molecule has 0 amide bonds. The summed E-state index contributed by atoms with van der Waals surface area (Å²) >= 11 is 0. The van der Waals surface area contributed by atoms with Gasteiger partial charge in [0, 0.05) is 23.5 Å². The molecule has 0 bridgehead atoms. The molecule has 0 fully saturated rings. The molecule has 2 rings (SSSR count). The monoisotopic (exact) mass is 201 g/mol. The topological polar surface area (TPSA) is 90.7 Å². The molecule has 0 saturated heterocycles. The largest absolute Gasteiger partial charge is 0.383 e. The summed E-state index contributed by atoms with van der Waals surface area (Å²) in [4.78, 5) is 12.0. The van der Waals surface area contributed by atoms with Gasteiger partial charge in [0.15, 0.2) is 0 Å². The van der Waals surface area contributed by atoms with Crippen LogP contribution in [0.2, 0.25) is 0 Å². The van der Waals surface area contributed by atoms with Gasteiger partial charge in [-0.3, -0.25) is 4.98 Å². The Balaban J connectivity index is 2.63. The highest BCUT2D eigenvalue weighted by Crippen LogP contribution is 2.23. The SMILES string of the molecule is Cc1c(N)nc(N)nc1-c1ccncc1. The van der Waals surface area contributed by atoms with Crippen LogP contribution in [0.25, 0.3) is 11.3 Å². The molecule has 76 valence electrons. The summed E-state index contributed by atoms with van der Waals surface area (Å²) in [5.41, 5.74) is 13.8. The van der Waals surface area contributed by atoms with Crippen molar-refractivity contribution in [2.45, 2.75) is 6.92 Å². The zero-order valence-electron chi connectivity index (χ0n) is 8.31. The smallest absolute Gasteiger partial charge is 0.222 e. The van der Waals surface area contributed by atoms with Crippen molar-refractivity contribution >= 4 is 11.8 Å². The first-order valence-corrected chi connectivity index (χ1v) is 4.48. The minimum Gasteiger partial charge on any atom is -0.383 e. The molecule has 0 aliphatic rings. The Morgan fingerprint density at radius 2 is 1.73 bits per heavy atom. The minimum absolute atomic E-state index is 0.185. The molecule has 15 heavy (non-hydrogen) atoms. The third-order valence-electron chi connectivity index (χ3n) is 2.15. The van der Waals surface area contributed by atoms with E-state index >= 15 is 0 Å². The fraction of sp³-hybridized carbons (Fsp3) is 0.100. The van der Waals surface area contributed by atoms with Gasteiger partial charge in [-0.25, -0.2) is 4.98 Å². The fourth-order valence-electron chi connectivity index (χ4n) is 1.34. The quantitative estimate of drug-likeness (QED) is 0.718. The molecular weight excluding hydrogens is 190 g/mol. The normalized spacial score (nSPS) is 10.2. The molecule has 0 aromatic carbocycles. The predicted octanol–water partition coefficient (Wildman–Crippen LogP) is 1.01. The molecule has 0 aliphatic heterocycles. The summed E-state index contributed by atoms with van der Waals surface area (Å²) in [6.07, 6.45) is 3.40. The lowest BCUT2D eigenvalue weighted by molar-refractivity contribution is 1.16. The summed E-state index contributed by atoms with van der Waals surface area (Å²) < 4.78 is 0. The first kappa shape index (κ1) is 9.39. The number of nitrogens with two attached hydrogens (primary N) is 2. The summed E-state index contributed by atoms with van der Waals surface area (Å²) in [6, 6.07) is 3.71. The van der Waals surface area contributed by atoms with Crippen LogP contribution in [0, 0.1) is 6.92 Å². The van der Waals surface area contributed by atoms with Crippen LogP contribution in [-0.2, 0) is 0 Å². The van der Waals surface area contributed by atoms with Gasteiger partial charge < -0.3 is 11.5 Å². The maximum absolute atomic E-state index is 5.71. The minimum atomic E-state index is 0.185. The van der Waals surface area contributed by atoms with Gasteiger partial charge in [0.25, 0.3) is 0 Å². The number of anilines is 2. The Kier molecular flexibility index (Phi) is 2.21. The van der Waals surface area contributed by atoms with E-state index in [0.29, 0.717) is 5.82 Å². The van der Waals surface area contributed by atoms with Crippen molar-refractivity contribution in [2.24, 2.45) is 0 Å². The second kappa shape index (κ2) is 3.53. The molecule has 0 atom stereocenters. The molecule has 2 heterocycles. The standard InChI is InChI=1S/C10H11N5/c1-6-8(7-2-4-13-5-3-7)14-10(12)15-9(6)11/h2-5H,1H3,(H4,11,12,14,15). The Morgan fingerprint density at radius 3 is 2.40 bits per heavy atom. The highest BCUT2D eigenvalue weighted by Gasteiger charge is 2.08. The van der Waals surface area contributed by atoms with Crippen LogP contribution in [0.3, 0.4) is 0 Å². The third kappa shape index (κ3) is 1.71. The van der Waals surface area contributed by atoms with E-state index in [1.165, 1.54) is 0 Å². The maximum Gasteiger partial charge on any atom is 0.222 e. The van der Waals surface area contributed by atoms with Gasteiger partial charge in [-0.05, 0) is 19.1 Å². The second-order valence-electron chi connectivity index (χ2n) is 3.18. The lowest BCUT2D eigenvalue weighted by Gasteiger charge is -2.07. The molecule has 4 N–H and O–H groups in total. The molecule has 0 unspecified atom stereocenters. The van der Waals surface area contributed by atoms with Gasteiger partial charge in [0.2, 0.25) is 5.95 Å². The molecule has 0 saturated carbocycles. The van der Waals surface area contributed by atoms with E-state index in [0.717, 1.165) is 16.8 Å². The average molecular weight is 201 g/mol. The Bertz CT molecular complexity index is 481. The van der Waals surface area contributed by atoms with E-state index < -0.39 is 0 Å². The van der Waals surface area contributed by atoms with E-state index in [1.807, 2.05) is 19.1 Å². The summed E-state index contributed by atoms with van der Waals surface area (Å²) in [5, 5.41) is 0. The van der Waals surface area contributed by atoms with Gasteiger partial charge in [0.1, 0.15) is 5.82 Å². The van der Waals surface area contributed by atoms with Crippen LogP contribution in [0.5, 0.6) is 0 Å². The first-order chi connectivity index (χ1) is 7.18. The lowest BCUT2D eigenvalue weighted by atomic mass is 10.1. The fourth-order valence-corrected chi connectivity index (χ4v) is 1.34. The number of rotatable bonds is 1. The first-order valence-electron chi connectivity index (χ1n) is 4.48. The van der Waals surface area contributed by atoms with Gasteiger partial charge in [0.05, 0.1) is 5.69 Å². The predicted molar refractivity (Wildman–Crippen MR) is 58.8 cm³/mol. The number of nitrogen functional groups attached to an aromatic ring is 2. The van der Waals surface area contributed by atoms with Crippen LogP contribution in [0.4, 0.5) is 11.8 Å². The number of hydrogen-bond donors (Lipinski definition) is 2. The number of pyridine rings is 1. The van der Waals surface area contributed by atoms with Crippen LogP contribution in [0.1, 0.15) is 5.56 Å². The van der Waals surface area contributed by atoms with Crippen molar-refractivity contribution in [1.29, 1.82) is 0 Å². The summed E-state index contributed by atoms with van der Waals surface area (Å²) in [5.74, 6) is 0.597. The molecule has 5 nitrogen and oxygen atoms in total. The van der Waals surface area contributed by atoms with E-state index in [9.17, 15) is 0 Å². The molecule has 2 aromatic heterocycles. The van der Waals surface area contributed by atoms with Crippen molar-refractivity contribution in [3.8, 4) is 11.3 Å². The Labute approximate surface area is 87.2 Å². The zero-order chi connectivity index (χ0) is 10.8. The van der Waals surface area contributed by atoms with Gasteiger partial charge >= 0.3 is 0 Å². The maximum atomic E-state index is 5.71. The van der Waals surface area contributed by atoms with Gasteiger partial charge in [-0.2, -0.15) is 4.98 Å². The molecule has 5 heteroatoms. The van der Waals surface area contributed by atoms with Crippen LogP contribution in [-0.4, -0.2) is 15.0 Å². The molecule has 0 aliphatic carbocycles. The summed E-state index contributed by atoms with van der Waals surface area (Å²) in [6.45, 7) is 1.87. The highest BCUT2D eigenvalue weighted by atomic mass is 15.0. The van der Waals surface area contributed by atoms with Crippen molar-refractivity contribution in [1.82, 2.24) is 15.0 Å². The molecular formula is C10H11N5. The number of hydrogen-bond acceptors (Lipinski definition) is 5. The lowest BCUT2D eigenvalue weighted by Crippen LogP contribution is -2.04. The third-order valence-corrected chi connectivity index (χ3v) is 2.15. The molecule has 0 spiro atoms. The van der Waals surface area contributed by atoms with Crippen molar-refractivity contribution in [3.05, 3.63) is 30.1 Å². The molecule has 2 aromatic rings. The van der Waals surface area contributed by atoms with Gasteiger partial charge in [-0.1, -0.05) is 0 Å². The number of aromatic nitrogens is 3. The zero-order valence-corrected chi connectivity index (χ0v) is 8.31. The van der Waals surface area contributed by atoms with E-state index in [4.69, 9.17) is 11.5 Å². The Hall–Kier alpha value is -2.17. The van der Waals surface area contributed by atoms with Crippen molar-refractivity contribution in [2.75, 3.05) is 11.5 Å². The van der Waals surface area contributed by atoms with E-state index in [1.54, 1.807) is 12.4 Å². The highest BCUT2D eigenvalue weighted by molar-refractivity contribution is 5.67. The summed E-state index contributed by atoms with van der Waals surface area (Å²) in [7, 11) is 0. The van der Waals surface area contributed by atoms with Crippen molar-refractivity contribution < 1.29 is 0 Å². The second-order valence-corrected chi connectivity index (χ2v) is 3.18. The van der Waals surface area contributed by atoms with E-state index in [2.05, 4.69) is 15.0 Å². The van der Waals surface area contributed by atoms with Crippen molar-refractivity contribution in [3.63, 3.8) is 0 Å². The molecule has 0 radical (unpaired) electrons. The van der Waals surface area contributed by atoms with Crippen LogP contribution >= 0.6 is 0 Å².